The molecule has 1 unspecified atom stereocenters. The summed E-state index contributed by atoms with van der Waals surface area (Å²) in [7, 11) is 0.192. The summed E-state index contributed by atoms with van der Waals surface area (Å²) in [5, 5.41) is 0.0240. The molecule has 0 aliphatic rings. The molecule has 1 aromatic heterocycles. The second kappa shape index (κ2) is 7.31. The molecule has 0 saturated carbocycles. The van der Waals surface area contributed by atoms with Gasteiger partial charge in [-0.1, -0.05) is 13.8 Å². The monoisotopic (exact) mass is 320 g/mol. The van der Waals surface area contributed by atoms with Crippen molar-refractivity contribution in [1.82, 2.24) is 19.6 Å². The van der Waals surface area contributed by atoms with E-state index in [1.807, 2.05) is 19.0 Å². The van der Waals surface area contributed by atoms with E-state index in [1.54, 1.807) is 0 Å². The van der Waals surface area contributed by atoms with Crippen LogP contribution in [-0.2, 0) is 10.0 Å². The maximum atomic E-state index is 12.3. The highest BCUT2D eigenvalue weighted by molar-refractivity contribution is 7.89. The summed E-state index contributed by atoms with van der Waals surface area (Å²) in [4.78, 5) is 9.37. The van der Waals surface area contributed by atoms with Crippen LogP contribution in [0.25, 0.3) is 0 Å². The van der Waals surface area contributed by atoms with Gasteiger partial charge in [-0.25, -0.2) is 23.1 Å². The maximum Gasteiger partial charge on any atom is 0.243 e. The summed E-state index contributed by atoms with van der Waals surface area (Å²) in [5.41, 5.74) is 0. The van der Waals surface area contributed by atoms with Crippen molar-refractivity contribution in [3.8, 4) is 0 Å². The number of aromatic nitrogens is 2. The topological polar surface area (TPSA) is 75.2 Å². The van der Waals surface area contributed by atoms with Gasteiger partial charge in [0.2, 0.25) is 15.3 Å². The Labute approximate surface area is 125 Å². The predicted molar refractivity (Wildman–Crippen MR) is 79.2 cm³/mol. The minimum Gasteiger partial charge on any atom is -0.308 e. The lowest BCUT2D eigenvalue weighted by Crippen LogP contribution is -2.42. The first-order valence-corrected chi connectivity index (χ1v) is 8.21. The number of hydrogen-bond acceptors (Lipinski definition) is 5. The molecule has 1 aromatic rings. The van der Waals surface area contributed by atoms with Crippen molar-refractivity contribution in [1.29, 1.82) is 0 Å². The summed E-state index contributed by atoms with van der Waals surface area (Å²) in [6.45, 7) is 4.75. The van der Waals surface area contributed by atoms with E-state index in [4.69, 9.17) is 11.6 Å². The Bertz CT molecular complexity index is 507. The highest BCUT2D eigenvalue weighted by Gasteiger charge is 2.22. The van der Waals surface area contributed by atoms with E-state index in [2.05, 4.69) is 28.5 Å². The summed E-state index contributed by atoms with van der Waals surface area (Å²) in [5.74, 6) is 0.393. The third-order valence-corrected chi connectivity index (χ3v) is 4.24. The zero-order valence-corrected chi connectivity index (χ0v) is 13.7. The van der Waals surface area contributed by atoms with Crippen molar-refractivity contribution in [2.45, 2.75) is 31.2 Å². The molecule has 0 amide bonds. The Kier molecular flexibility index (Phi) is 6.32. The molecular weight excluding hydrogens is 300 g/mol. The molecule has 20 heavy (non-hydrogen) atoms. The molecule has 0 aliphatic heterocycles. The molecule has 1 atom stereocenters. The van der Waals surface area contributed by atoms with E-state index in [0.29, 0.717) is 12.5 Å². The molecule has 0 radical (unpaired) electrons. The SMILES string of the molecule is CC(C)CC(CN(C)C)NS(=O)(=O)c1cnc(Cl)nc1. The quantitative estimate of drug-likeness (QED) is 0.768. The molecule has 8 heteroatoms. The summed E-state index contributed by atoms with van der Waals surface area (Å²) < 4.78 is 27.2. The van der Waals surface area contributed by atoms with Crippen molar-refractivity contribution in [3.63, 3.8) is 0 Å². The summed E-state index contributed by atoms with van der Waals surface area (Å²) in [6.07, 6.45) is 3.17. The van der Waals surface area contributed by atoms with Crippen LogP contribution in [0.2, 0.25) is 5.28 Å². The number of halogens is 1. The van der Waals surface area contributed by atoms with E-state index in [1.165, 1.54) is 12.4 Å². The average Bonchev–Trinajstić information content (AvgIpc) is 2.26. The van der Waals surface area contributed by atoms with E-state index < -0.39 is 10.0 Å². The molecule has 0 bridgehead atoms. The van der Waals surface area contributed by atoms with Crippen LogP contribution in [0.5, 0.6) is 0 Å². The van der Waals surface area contributed by atoms with Gasteiger partial charge < -0.3 is 4.90 Å². The number of rotatable bonds is 7. The Morgan fingerprint density at radius 1 is 1.30 bits per heavy atom. The van der Waals surface area contributed by atoms with E-state index >= 15 is 0 Å². The van der Waals surface area contributed by atoms with Crippen LogP contribution in [0.15, 0.2) is 17.3 Å². The van der Waals surface area contributed by atoms with Gasteiger partial charge in [0, 0.05) is 12.6 Å². The van der Waals surface area contributed by atoms with Gasteiger partial charge in [0.25, 0.3) is 0 Å². The predicted octanol–water partition coefficient (Wildman–Crippen LogP) is 1.38. The third kappa shape index (κ3) is 5.70. The van der Waals surface area contributed by atoms with Gasteiger partial charge in [-0.05, 0) is 38.0 Å². The van der Waals surface area contributed by atoms with Gasteiger partial charge in [-0.15, -0.1) is 0 Å². The number of hydrogen-bond donors (Lipinski definition) is 1. The molecule has 0 aromatic carbocycles. The first kappa shape index (κ1) is 17.3. The lowest BCUT2D eigenvalue weighted by atomic mass is 10.0. The highest BCUT2D eigenvalue weighted by atomic mass is 35.5. The van der Waals surface area contributed by atoms with Gasteiger partial charge in [-0.3, -0.25) is 0 Å². The van der Waals surface area contributed by atoms with Crippen molar-refractivity contribution in [2.75, 3.05) is 20.6 Å². The molecule has 0 aliphatic carbocycles. The van der Waals surface area contributed by atoms with Crippen molar-refractivity contribution >= 4 is 21.6 Å². The van der Waals surface area contributed by atoms with E-state index in [-0.39, 0.29) is 16.2 Å². The minimum atomic E-state index is -3.63. The van der Waals surface area contributed by atoms with Crippen LogP contribution in [0, 0.1) is 5.92 Å². The Balaban J connectivity index is 2.87. The second-order valence-corrected chi connectivity index (χ2v) is 7.45. The van der Waals surface area contributed by atoms with E-state index in [9.17, 15) is 8.42 Å². The first-order valence-electron chi connectivity index (χ1n) is 6.35. The van der Waals surface area contributed by atoms with Gasteiger partial charge in [-0.2, -0.15) is 0 Å². The van der Waals surface area contributed by atoms with Crippen LogP contribution in [0.1, 0.15) is 20.3 Å². The van der Waals surface area contributed by atoms with Gasteiger partial charge in [0.15, 0.2) is 0 Å². The first-order chi connectivity index (χ1) is 9.20. The summed E-state index contributed by atoms with van der Waals surface area (Å²) in [6, 6.07) is -0.161. The molecule has 0 saturated heterocycles. The van der Waals surface area contributed by atoms with Crippen LogP contribution in [-0.4, -0.2) is 50.0 Å². The van der Waals surface area contributed by atoms with Crippen molar-refractivity contribution in [2.24, 2.45) is 5.92 Å². The Morgan fingerprint density at radius 2 is 1.85 bits per heavy atom. The van der Waals surface area contributed by atoms with Gasteiger partial charge >= 0.3 is 0 Å². The molecule has 1 N–H and O–H groups in total. The van der Waals surface area contributed by atoms with Crippen LogP contribution >= 0.6 is 11.6 Å². The van der Waals surface area contributed by atoms with Crippen LogP contribution in [0.3, 0.4) is 0 Å². The molecule has 6 nitrogen and oxygen atoms in total. The number of nitrogens with one attached hydrogen (secondary N) is 1. The van der Waals surface area contributed by atoms with Crippen LogP contribution in [0.4, 0.5) is 0 Å². The fraction of sp³-hybridized carbons (Fsp3) is 0.667. The van der Waals surface area contributed by atoms with Crippen LogP contribution < -0.4 is 4.72 Å². The maximum absolute atomic E-state index is 12.3. The zero-order valence-electron chi connectivity index (χ0n) is 12.2. The smallest absolute Gasteiger partial charge is 0.243 e. The largest absolute Gasteiger partial charge is 0.308 e. The Morgan fingerprint density at radius 3 is 2.30 bits per heavy atom. The summed E-state index contributed by atoms with van der Waals surface area (Å²) >= 11 is 5.56. The standard InChI is InChI=1S/C12H21ClN4O2S/c1-9(2)5-10(8-17(3)4)16-20(18,19)11-6-14-12(13)15-7-11/h6-7,9-10,16H,5,8H2,1-4H3. The number of sulfonamides is 1. The Hall–Kier alpha value is -0.760. The number of likely N-dealkylation sites (N-methyl/N-ethyl adjacent to an activating group) is 1. The van der Waals surface area contributed by atoms with E-state index in [0.717, 1.165) is 6.42 Å². The van der Waals surface area contributed by atoms with Crippen molar-refractivity contribution < 1.29 is 8.42 Å². The molecule has 1 rings (SSSR count). The average molecular weight is 321 g/mol. The van der Waals surface area contributed by atoms with Gasteiger partial charge in [0.05, 0.1) is 12.4 Å². The third-order valence-electron chi connectivity index (χ3n) is 2.57. The molecule has 114 valence electrons. The molecule has 0 fully saturated rings. The lowest BCUT2D eigenvalue weighted by molar-refractivity contribution is 0.329. The lowest BCUT2D eigenvalue weighted by Gasteiger charge is -2.23. The highest BCUT2D eigenvalue weighted by Crippen LogP contribution is 2.12. The molecule has 0 spiro atoms. The molecular formula is C12H21ClN4O2S. The van der Waals surface area contributed by atoms with Crippen molar-refractivity contribution in [3.05, 3.63) is 17.7 Å². The fourth-order valence-corrected chi connectivity index (χ4v) is 3.12. The van der Waals surface area contributed by atoms with Gasteiger partial charge in [0.1, 0.15) is 4.90 Å². The second-order valence-electron chi connectivity index (χ2n) is 5.40. The zero-order chi connectivity index (χ0) is 15.3. The number of nitrogens with zero attached hydrogens (tertiary/aromatic N) is 3. The fourth-order valence-electron chi connectivity index (χ4n) is 1.90. The molecule has 1 heterocycles. The normalized spacial score (nSPS) is 13.9. The minimum absolute atomic E-state index is 0.0226.